The normalized spacial score (nSPS) is 25.1. The Labute approximate surface area is 98.5 Å². The zero-order valence-corrected chi connectivity index (χ0v) is 9.73. The van der Waals surface area contributed by atoms with Crippen LogP contribution in [0.3, 0.4) is 0 Å². The minimum absolute atomic E-state index is 0.307. The number of nitrogens with one attached hydrogen (secondary N) is 2. The summed E-state index contributed by atoms with van der Waals surface area (Å²) in [5, 5.41) is 13.6. The standard InChI is InChI=1S/C10H16N2O5/c1-5(8(13)11-2)12-9(14)6-3-4-7(17-6)10(15)16/h5-7H,3-4H2,1-2H3,(H,11,13)(H,12,14)(H,15,16). The van der Waals surface area contributed by atoms with Crippen LogP contribution >= 0.6 is 0 Å². The minimum atomic E-state index is -1.07. The largest absolute Gasteiger partial charge is 0.479 e. The molecule has 3 N–H and O–H groups in total. The Morgan fingerprint density at radius 1 is 1.29 bits per heavy atom. The first-order chi connectivity index (χ1) is 7.95. The van der Waals surface area contributed by atoms with E-state index in [4.69, 9.17) is 9.84 Å². The molecule has 0 aromatic heterocycles. The zero-order chi connectivity index (χ0) is 13.0. The molecule has 7 heteroatoms. The first-order valence-corrected chi connectivity index (χ1v) is 5.36. The molecule has 1 rings (SSSR count). The lowest BCUT2D eigenvalue weighted by Crippen LogP contribution is -2.47. The highest BCUT2D eigenvalue weighted by molar-refractivity contribution is 5.89. The first-order valence-electron chi connectivity index (χ1n) is 5.36. The van der Waals surface area contributed by atoms with E-state index in [9.17, 15) is 14.4 Å². The second-order valence-corrected chi connectivity index (χ2v) is 3.87. The predicted molar refractivity (Wildman–Crippen MR) is 57.2 cm³/mol. The van der Waals surface area contributed by atoms with E-state index in [-0.39, 0.29) is 5.91 Å². The highest BCUT2D eigenvalue weighted by Crippen LogP contribution is 2.19. The molecule has 2 amide bonds. The van der Waals surface area contributed by atoms with Crippen molar-refractivity contribution in [3.63, 3.8) is 0 Å². The Bertz CT molecular complexity index is 331. The van der Waals surface area contributed by atoms with Crippen molar-refractivity contribution in [2.24, 2.45) is 0 Å². The van der Waals surface area contributed by atoms with Crippen LogP contribution in [0.1, 0.15) is 19.8 Å². The number of ether oxygens (including phenoxy) is 1. The number of likely N-dealkylation sites (N-methyl/N-ethyl adjacent to an activating group) is 1. The molecule has 96 valence electrons. The van der Waals surface area contributed by atoms with E-state index in [0.29, 0.717) is 12.8 Å². The molecule has 17 heavy (non-hydrogen) atoms. The van der Waals surface area contributed by atoms with E-state index >= 15 is 0 Å². The number of hydrogen-bond donors (Lipinski definition) is 3. The van der Waals surface area contributed by atoms with Gasteiger partial charge in [-0.15, -0.1) is 0 Å². The van der Waals surface area contributed by atoms with Crippen molar-refractivity contribution in [3.05, 3.63) is 0 Å². The molecular formula is C10H16N2O5. The molecule has 7 nitrogen and oxygen atoms in total. The third-order valence-corrected chi connectivity index (χ3v) is 2.59. The van der Waals surface area contributed by atoms with Crippen molar-refractivity contribution in [1.82, 2.24) is 10.6 Å². The number of carbonyl (C=O) groups excluding carboxylic acids is 2. The maximum atomic E-state index is 11.6. The van der Waals surface area contributed by atoms with Crippen LogP contribution in [0, 0.1) is 0 Å². The summed E-state index contributed by atoms with van der Waals surface area (Å²) < 4.78 is 5.06. The van der Waals surface area contributed by atoms with Gasteiger partial charge in [0.1, 0.15) is 12.1 Å². The molecular weight excluding hydrogens is 228 g/mol. The molecule has 0 saturated carbocycles. The van der Waals surface area contributed by atoms with Crippen molar-refractivity contribution in [3.8, 4) is 0 Å². The van der Waals surface area contributed by atoms with Gasteiger partial charge in [-0.3, -0.25) is 9.59 Å². The van der Waals surface area contributed by atoms with Crippen LogP contribution in [0.5, 0.6) is 0 Å². The Kier molecular flexibility index (Phi) is 4.45. The van der Waals surface area contributed by atoms with Gasteiger partial charge < -0.3 is 20.5 Å². The Balaban J connectivity index is 2.45. The van der Waals surface area contributed by atoms with Gasteiger partial charge in [-0.25, -0.2) is 4.79 Å². The lowest BCUT2D eigenvalue weighted by Gasteiger charge is -2.15. The third kappa shape index (κ3) is 3.42. The van der Waals surface area contributed by atoms with Crippen LogP contribution in [0.4, 0.5) is 0 Å². The number of amides is 2. The fourth-order valence-electron chi connectivity index (χ4n) is 1.60. The van der Waals surface area contributed by atoms with E-state index in [1.54, 1.807) is 6.92 Å². The highest BCUT2D eigenvalue weighted by Gasteiger charge is 2.35. The maximum absolute atomic E-state index is 11.6. The van der Waals surface area contributed by atoms with Crippen LogP contribution in [0.2, 0.25) is 0 Å². The van der Waals surface area contributed by atoms with Gasteiger partial charge in [-0.05, 0) is 19.8 Å². The van der Waals surface area contributed by atoms with Crippen LogP contribution in [-0.4, -0.2) is 48.2 Å². The van der Waals surface area contributed by atoms with Gasteiger partial charge in [0.15, 0.2) is 6.10 Å². The van der Waals surface area contributed by atoms with Gasteiger partial charge in [-0.2, -0.15) is 0 Å². The Morgan fingerprint density at radius 3 is 2.35 bits per heavy atom. The van der Waals surface area contributed by atoms with Crippen LogP contribution in [0.15, 0.2) is 0 Å². The summed E-state index contributed by atoms with van der Waals surface area (Å²) in [5.74, 6) is -1.84. The lowest BCUT2D eigenvalue weighted by atomic mass is 10.2. The van der Waals surface area contributed by atoms with E-state index in [1.165, 1.54) is 7.05 Å². The van der Waals surface area contributed by atoms with Gasteiger partial charge >= 0.3 is 5.97 Å². The zero-order valence-electron chi connectivity index (χ0n) is 9.73. The molecule has 0 aromatic rings. The van der Waals surface area contributed by atoms with Crippen molar-refractivity contribution in [2.45, 2.75) is 38.0 Å². The number of carboxylic acids is 1. The molecule has 1 heterocycles. The molecule has 1 saturated heterocycles. The van der Waals surface area contributed by atoms with Crippen LogP contribution in [-0.2, 0) is 19.1 Å². The summed E-state index contributed by atoms with van der Waals surface area (Å²) in [6, 6.07) is -0.667. The maximum Gasteiger partial charge on any atom is 0.332 e. The van der Waals surface area contributed by atoms with E-state index in [1.807, 2.05) is 0 Å². The molecule has 1 aliphatic heterocycles. The third-order valence-electron chi connectivity index (χ3n) is 2.59. The number of aliphatic carboxylic acids is 1. The van der Waals surface area contributed by atoms with Gasteiger partial charge in [0.05, 0.1) is 0 Å². The Hall–Kier alpha value is -1.63. The van der Waals surface area contributed by atoms with E-state index in [2.05, 4.69) is 10.6 Å². The second-order valence-electron chi connectivity index (χ2n) is 3.87. The summed E-state index contributed by atoms with van der Waals surface area (Å²) in [4.78, 5) is 33.4. The molecule has 0 aromatic carbocycles. The Morgan fingerprint density at radius 2 is 1.88 bits per heavy atom. The number of hydrogen-bond acceptors (Lipinski definition) is 4. The van der Waals surface area contributed by atoms with Gasteiger partial charge in [0.25, 0.3) is 0 Å². The summed E-state index contributed by atoms with van der Waals surface area (Å²) >= 11 is 0. The number of rotatable bonds is 4. The predicted octanol–water partition coefficient (Wildman–Crippen LogP) is -1.13. The SMILES string of the molecule is CNC(=O)C(C)NC(=O)C1CCC(C(=O)O)O1. The quantitative estimate of drug-likeness (QED) is 0.580. The van der Waals surface area contributed by atoms with Crippen molar-refractivity contribution >= 4 is 17.8 Å². The molecule has 0 spiro atoms. The monoisotopic (exact) mass is 244 g/mol. The van der Waals surface area contributed by atoms with E-state index < -0.39 is 30.1 Å². The fraction of sp³-hybridized carbons (Fsp3) is 0.700. The van der Waals surface area contributed by atoms with Gasteiger partial charge in [0, 0.05) is 7.05 Å². The number of carbonyl (C=O) groups is 3. The molecule has 3 unspecified atom stereocenters. The average molecular weight is 244 g/mol. The topological polar surface area (TPSA) is 105 Å². The van der Waals surface area contributed by atoms with Crippen molar-refractivity contribution in [1.29, 1.82) is 0 Å². The molecule has 0 bridgehead atoms. The highest BCUT2D eigenvalue weighted by atomic mass is 16.5. The van der Waals surface area contributed by atoms with Crippen LogP contribution < -0.4 is 10.6 Å². The first kappa shape index (κ1) is 13.4. The van der Waals surface area contributed by atoms with Crippen molar-refractivity contribution < 1.29 is 24.2 Å². The molecule has 3 atom stereocenters. The van der Waals surface area contributed by atoms with Gasteiger partial charge in [-0.1, -0.05) is 0 Å². The van der Waals surface area contributed by atoms with E-state index in [0.717, 1.165) is 0 Å². The molecule has 0 aliphatic carbocycles. The van der Waals surface area contributed by atoms with Crippen LogP contribution in [0.25, 0.3) is 0 Å². The molecule has 0 radical (unpaired) electrons. The smallest absolute Gasteiger partial charge is 0.332 e. The molecule has 1 aliphatic rings. The minimum Gasteiger partial charge on any atom is -0.479 e. The van der Waals surface area contributed by atoms with Gasteiger partial charge in [0.2, 0.25) is 11.8 Å². The van der Waals surface area contributed by atoms with Crippen molar-refractivity contribution in [2.75, 3.05) is 7.05 Å². The molecule has 1 fully saturated rings. The summed E-state index contributed by atoms with van der Waals surface area (Å²) in [6.45, 7) is 1.54. The summed E-state index contributed by atoms with van der Waals surface area (Å²) in [6.07, 6.45) is -1.06. The average Bonchev–Trinajstić information content (AvgIpc) is 2.77. The number of carboxylic acid groups (broad SMARTS) is 1. The fourth-order valence-corrected chi connectivity index (χ4v) is 1.60. The summed E-state index contributed by atoms with van der Waals surface area (Å²) in [5.41, 5.74) is 0. The lowest BCUT2D eigenvalue weighted by molar-refractivity contribution is -0.152. The summed E-state index contributed by atoms with van der Waals surface area (Å²) in [7, 11) is 1.47. The second kappa shape index (κ2) is 5.62.